The van der Waals surface area contributed by atoms with Gasteiger partial charge < -0.3 is 4.74 Å². The lowest BCUT2D eigenvalue weighted by Gasteiger charge is -2.27. The van der Waals surface area contributed by atoms with Gasteiger partial charge >= 0.3 is 0 Å². The number of thioether (sulfide) groups is 1. The van der Waals surface area contributed by atoms with Gasteiger partial charge in [-0.25, -0.2) is 0 Å². The quantitative estimate of drug-likeness (QED) is 0.614. The standard InChI is InChI=1S/C7H16N2OS/c1-3-10-7(11-4-2)8-5-6-9-7/h8-9H,3-6H2,1-2H3. The highest BCUT2D eigenvalue weighted by Crippen LogP contribution is 2.22. The number of hydrogen-bond acceptors (Lipinski definition) is 4. The predicted octanol–water partition coefficient (Wildman–Crippen LogP) is 0.580. The molecule has 1 fully saturated rings. The van der Waals surface area contributed by atoms with Crippen molar-refractivity contribution < 1.29 is 4.74 Å². The average molecular weight is 176 g/mol. The van der Waals surface area contributed by atoms with Crippen molar-refractivity contribution in [3.63, 3.8) is 0 Å². The second-order valence-electron chi connectivity index (χ2n) is 2.34. The molecular weight excluding hydrogens is 160 g/mol. The van der Waals surface area contributed by atoms with Crippen LogP contribution in [0.2, 0.25) is 0 Å². The second kappa shape index (κ2) is 4.30. The fourth-order valence-electron chi connectivity index (χ4n) is 1.17. The van der Waals surface area contributed by atoms with E-state index < -0.39 is 0 Å². The van der Waals surface area contributed by atoms with Gasteiger partial charge in [0.2, 0.25) is 5.18 Å². The first kappa shape index (κ1) is 9.32. The van der Waals surface area contributed by atoms with Gasteiger partial charge in [0, 0.05) is 19.7 Å². The van der Waals surface area contributed by atoms with E-state index in [-0.39, 0.29) is 5.18 Å². The Morgan fingerprint density at radius 1 is 1.36 bits per heavy atom. The summed E-state index contributed by atoms with van der Waals surface area (Å²) in [6.45, 7) is 6.87. The molecule has 1 rings (SSSR count). The van der Waals surface area contributed by atoms with E-state index in [1.807, 2.05) is 6.92 Å². The number of ether oxygens (including phenoxy) is 1. The zero-order chi connectivity index (χ0) is 8.16. The van der Waals surface area contributed by atoms with Crippen LogP contribution in [-0.2, 0) is 4.74 Å². The summed E-state index contributed by atoms with van der Waals surface area (Å²) in [5.41, 5.74) is 0. The largest absolute Gasteiger partial charge is 0.339 e. The lowest BCUT2D eigenvalue weighted by Crippen LogP contribution is -2.48. The van der Waals surface area contributed by atoms with Crippen LogP contribution in [0.25, 0.3) is 0 Å². The van der Waals surface area contributed by atoms with Gasteiger partial charge in [0.25, 0.3) is 0 Å². The van der Waals surface area contributed by atoms with Crippen LogP contribution in [0.4, 0.5) is 0 Å². The zero-order valence-electron chi connectivity index (χ0n) is 7.14. The van der Waals surface area contributed by atoms with Crippen LogP contribution in [0, 0.1) is 0 Å². The van der Waals surface area contributed by atoms with E-state index in [0.717, 1.165) is 25.4 Å². The molecule has 11 heavy (non-hydrogen) atoms. The molecule has 0 amide bonds. The molecule has 0 aromatic heterocycles. The first-order valence-corrected chi connectivity index (χ1v) is 5.09. The van der Waals surface area contributed by atoms with Crippen LogP contribution in [0.5, 0.6) is 0 Å². The fraction of sp³-hybridized carbons (Fsp3) is 1.00. The van der Waals surface area contributed by atoms with E-state index in [4.69, 9.17) is 4.74 Å². The predicted molar refractivity (Wildman–Crippen MR) is 48.5 cm³/mol. The van der Waals surface area contributed by atoms with Gasteiger partial charge in [0.1, 0.15) is 0 Å². The zero-order valence-corrected chi connectivity index (χ0v) is 7.96. The van der Waals surface area contributed by atoms with Crippen LogP contribution in [0.15, 0.2) is 0 Å². The summed E-state index contributed by atoms with van der Waals surface area (Å²) in [5, 5.41) is 6.31. The average Bonchev–Trinajstić information content (AvgIpc) is 2.39. The fourth-order valence-corrected chi connectivity index (χ4v) is 2.18. The van der Waals surface area contributed by atoms with Crippen molar-refractivity contribution in [2.75, 3.05) is 25.4 Å². The van der Waals surface area contributed by atoms with Crippen LogP contribution in [0.1, 0.15) is 13.8 Å². The minimum Gasteiger partial charge on any atom is -0.339 e. The lowest BCUT2D eigenvalue weighted by atomic mass is 10.7. The first-order chi connectivity index (χ1) is 5.33. The molecule has 0 aromatic rings. The Balaban J connectivity index is 2.40. The highest BCUT2D eigenvalue weighted by molar-refractivity contribution is 8.00. The maximum Gasteiger partial charge on any atom is 0.225 e. The van der Waals surface area contributed by atoms with Gasteiger partial charge in [-0.1, -0.05) is 18.7 Å². The normalized spacial score (nSPS) is 22.4. The van der Waals surface area contributed by atoms with E-state index in [9.17, 15) is 0 Å². The summed E-state index contributed by atoms with van der Waals surface area (Å²) >= 11 is 1.77. The van der Waals surface area contributed by atoms with Crippen molar-refractivity contribution in [1.82, 2.24) is 10.6 Å². The van der Waals surface area contributed by atoms with Gasteiger partial charge in [-0.3, -0.25) is 10.6 Å². The summed E-state index contributed by atoms with van der Waals surface area (Å²) in [6, 6.07) is 0. The molecule has 1 saturated heterocycles. The molecule has 0 spiro atoms. The summed E-state index contributed by atoms with van der Waals surface area (Å²) in [6.07, 6.45) is 0. The molecular formula is C7H16N2OS. The Morgan fingerprint density at radius 3 is 2.45 bits per heavy atom. The minimum absolute atomic E-state index is 0.288. The minimum atomic E-state index is -0.288. The molecule has 66 valence electrons. The maximum atomic E-state index is 5.57. The van der Waals surface area contributed by atoms with Gasteiger partial charge in [-0.05, 0) is 12.7 Å². The van der Waals surface area contributed by atoms with Crippen molar-refractivity contribution >= 4 is 11.8 Å². The van der Waals surface area contributed by atoms with Crippen molar-refractivity contribution in [1.29, 1.82) is 0 Å². The Bertz CT molecular complexity index is 107. The molecule has 0 aromatic carbocycles. The molecule has 0 atom stereocenters. The van der Waals surface area contributed by atoms with E-state index in [1.54, 1.807) is 11.8 Å². The Morgan fingerprint density at radius 2 is 2.00 bits per heavy atom. The van der Waals surface area contributed by atoms with Gasteiger partial charge in [-0.15, -0.1) is 0 Å². The Kier molecular flexibility index (Phi) is 3.65. The molecule has 4 heteroatoms. The van der Waals surface area contributed by atoms with E-state index >= 15 is 0 Å². The summed E-state index contributed by atoms with van der Waals surface area (Å²) in [4.78, 5) is 0. The van der Waals surface area contributed by atoms with Gasteiger partial charge in [-0.2, -0.15) is 0 Å². The molecule has 0 saturated carbocycles. The van der Waals surface area contributed by atoms with Crippen LogP contribution < -0.4 is 10.6 Å². The summed E-state index contributed by atoms with van der Waals surface area (Å²) in [5.74, 6) is 1.06. The molecule has 0 radical (unpaired) electrons. The third kappa shape index (κ3) is 2.33. The SMILES string of the molecule is CCOC1(SCC)NCCN1. The van der Waals surface area contributed by atoms with Gasteiger partial charge in [0.15, 0.2) is 0 Å². The molecule has 3 nitrogen and oxygen atoms in total. The third-order valence-electron chi connectivity index (χ3n) is 1.54. The number of nitrogens with one attached hydrogen (secondary N) is 2. The maximum absolute atomic E-state index is 5.57. The van der Waals surface area contributed by atoms with Gasteiger partial charge in [0.05, 0.1) is 0 Å². The molecule has 0 aliphatic carbocycles. The van der Waals surface area contributed by atoms with Crippen LogP contribution in [-0.4, -0.2) is 30.6 Å². The van der Waals surface area contributed by atoms with E-state index in [0.29, 0.717) is 0 Å². The van der Waals surface area contributed by atoms with Crippen molar-refractivity contribution in [2.45, 2.75) is 19.0 Å². The summed E-state index contributed by atoms with van der Waals surface area (Å²) in [7, 11) is 0. The highest BCUT2D eigenvalue weighted by Gasteiger charge is 2.33. The Labute approximate surface area is 72.3 Å². The van der Waals surface area contributed by atoms with Crippen molar-refractivity contribution in [2.24, 2.45) is 0 Å². The monoisotopic (exact) mass is 176 g/mol. The summed E-state index contributed by atoms with van der Waals surface area (Å²) < 4.78 is 5.57. The topological polar surface area (TPSA) is 33.3 Å². The molecule has 0 unspecified atom stereocenters. The number of hydrogen-bond donors (Lipinski definition) is 2. The second-order valence-corrected chi connectivity index (χ2v) is 3.78. The van der Waals surface area contributed by atoms with E-state index in [2.05, 4.69) is 17.6 Å². The molecule has 1 heterocycles. The number of rotatable bonds is 4. The molecule has 1 aliphatic rings. The van der Waals surface area contributed by atoms with Crippen molar-refractivity contribution in [3.05, 3.63) is 0 Å². The van der Waals surface area contributed by atoms with E-state index in [1.165, 1.54) is 0 Å². The van der Waals surface area contributed by atoms with Crippen LogP contribution >= 0.6 is 11.8 Å². The van der Waals surface area contributed by atoms with Crippen molar-refractivity contribution in [3.8, 4) is 0 Å². The first-order valence-electron chi connectivity index (χ1n) is 4.11. The van der Waals surface area contributed by atoms with Crippen LogP contribution in [0.3, 0.4) is 0 Å². The smallest absolute Gasteiger partial charge is 0.225 e. The lowest BCUT2D eigenvalue weighted by molar-refractivity contribution is 0.00726. The third-order valence-corrected chi connectivity index (χ3v) is 2.64. The Hall–Kier alpha value is 0.230. The highest BCUT2D eigenvalue weighted by atomic mass is 32.2. The molecule has 1 aliphatic heterocycles. The molecule has 0 bridgehead atoms. The molecule has 2 N–H and O–H groups in total.